The summed E-state index contributed by atoms with van der Waals surface area (Å²) >= 11 is 6.27. The van der Waals surface area contributed by atoms with E-state index in [1.165, 1.54) is 6.07 Å². The Morgan fingerprint density at radius 1 is 1.29 bits per heavy atom. The summed E-state index contributed by atoms with van der Waals surface area (Å²) in [4.78, 5) is 38.4. The monoisotopic (exact) mass is 521 g/mol. The van der Waals surface area contributed by atoms with Gasteiger partial charge in [0.05, 0.1) is 18.3 Å². The Kier molecular flexibility index (Phi) is 6.20. The van der Waals surface area contributed by atoms with Crippen LogP contribution in [0.5, 0.6) is 5.75 Å². The van der Waals surface area contributed by atoms with E-state index in [-0.39, 0.29) is 15.7 Å². The van der Waals surface area contributed by atoms with Gasteiger partial charge in [0, 0.05) is 28.7 Å². The van der Waals surface area contributed by atoms with Crippen LogP contribution in [-0.4, -0.2) is 65.7 Å². The number of benzene rings is 1. The second kappa shape index (κ2) is 8.63. The van der Waals surface area contributed by atoms with Crippen molar-refractivity contribution in [1.29, 1.82) is 0 Å². The first-order valence-corrected chi connectivity index (χ1v) is 12.0. The number of nitrogens with two attached hydrogens (primary N) is 1. The van der Waals surface area contributed by atoms with E-state index in [1.807, 2.05) is 0 Å². The minimum Gasteiger partial charge on any atom is -0.508 e. The SMILES string of the molecule is CCOC(=S)Sc1ccc(O)c2c1[C@@H](C)[C@@H]1C(=C2O)C(=O)[C@]2(O)C(O)=C(C(N)=O)C(=O)C[C@@H]2[C@H]1O. The van der Waals surface area contributed by atoms with E-state index in [0.717, 1.165) is 11.8 Å². The highest BCUT2D eigenvalue weighted by Crippen LogP contribution is 2.57. The van der Waals surface area contributed by atoms with Crippen LogP contribution in [0.4, 0.5) is 0 Å². The summed E-state index contributed by atoms with van der Waals surface area (Å²) in [5, 5.41) is 55.0. The van der Waals surface area contributed by atoms with Gasteiger partial charge in [0.2, 0.25) is 10.2 Å². The number of aromatic hydroxyl groups is 1. The van der Waals surface area contributed by atoms with Crippen molar-refractivity contribution < 1.29 is 44.7 Å². The first-order chi connectivity index (χ1) is 16.4. The number of amides is 1. The molecular weight excluding hydrogens is 498 g/mol. The van der Waals surface area contributed by atoms with Gasteiger partial charge in [0.25, 0.3) is 5.91 Å². The average molecular weight is 522 g/mol. The fourth-order valence-corrected chi connectivity index (χ4v) is 6.64. The van der Waals surface area contributed by atoms with Crippen LogP contribution in [0.2, 0.25) is 0 Å². The number of fused-ring (bicyclic) bond motifs is 3. The number of ether oxygens (including phenoxy) is 1. The van der Waals surface area contributed by atoms with Crippen molar-refractivity contribution in [3.05, 3.63) is 40.2 Å². The summed E-state index contributed by atoms with van der Waals surface area (Å²) in [6.07, 6.45) is -2.23. The quantitative estimate of drug-likeness (QED) is 0.191. The Morgan fingerprint density at radius 3 is 2.54 bits per heavy atom. The number of thioether (sulfide) groups is 1. The zero-order chi connectivity index (χ0) is 26.0. The molecule has 186 valence electrons. The molecule has 1 aromatic rings. The number of carbonyl (C=O) groups is 3. The Bertz CT molecular complexity index is 1250. The number of thiocarbonyl (C=S) groups is 1. The van der Waals surface area contributed by atoms with Gasteiger partial charge in [-0.2, -0.15) is 0 Å². The third-order valence-electron chi connectivity index (χ3n) is 6.89. The van der Waals surface area contributed by atoms with Crippen LogP contribution in [0.15, 0.2) is 33.9 Å². The molecule has 0 spiro atoms. The van der Waals surface area contributed by atoms with Gasteiger partial charge in [0.15, 0.2) is 11.4 Å². The van der Waals surface area contributed by atoms with E-state index in [9.17, 15) is 39.9 Å². The molecule has 1 saturated carbocycles. The molecule has 1 fully saturated rings. The van der Waals surface area contributed by atoms with Crippen molar-refractivity contribution in [2.24, 2.45) is 17.6 Å². The molecule has 0 bridgehead atoms. The highest BCUT2D eigenvalue weighted by atomic mass is 32.2. The molecule has 12 heteroatoms. The van der Waals surface area contributed by atoms with Crippen molar-refractivity contribution >= 4 is 51.6 Å². The zero-order valence-electron chi connectivity index (χ0n) is 18.6. The lowest BCUT2D eigenvalue weighted by Gasteiger charge is -2.50. The standard InChI is InChI=1S/C23H23NO9S2/c1-3-33-22(34)35-11-5-4-9(25)14-12(11)7(2)13-16(18(14)28)20(30)23(32)8(17(13)27)6-10(26)15(19(23)29)21(24)31/h4-5,7-8,13,17,25,27-29,32H,3,6H2,1-2H3,(H2,24,31)/t7-,8-,13-,17-,23-/m1/s1. The van der Waals surface area contributed by atoms with Crippen molar-refractivity contribution in [3.8, 4) is 5.75 Å². The Morgan fingerprint density at radius 2 is 1.94 bits per heavy atom. The van der Waals surface area contributed by atoms with Crippen LogP contribution in [0.1, 0.15) is 37.3 Å². The summed E-state index contributed by atoms with van der Waals surface area (Å²) in [5.74, 6) is -9.12. The number of ketones is 2. The lowest BCUT2D eigenvalue weighted by atomic mass is 9.55. The maximum absolute atomic E-state index is 13.6. The molecule has 35 heavy (non-hydrogen) atoms. The number of phenols is 1. The summed E-state index contributed by atoms with van der Waals surface area (Å²) in [7, 11) is 0. The molecule has 0 heterocycles. The summed E-state index contributed by atoms with van der Waals surface area (Å²) < 4.78 is 5.51. The van der Waals surface area contributed by atoms with Gasteiger partial charge in [0.1, 0.15) is 22.8 Å². The smallest absolute Gasteiger partial charge is 0.255 e. The molecule has 0 unspecified atom stereocenters. The molecule has 3 aliphatic carbocycles. The average Bonchev–Trinajstić information content (AvgIpc) is 2.77. The summed E-state index contributed by atoms with van der Waals surface area (Å²) in [6, 6.07) is 2.85. The number of carbonyl (C=O) groups excluding carboxylic acids is 3. The molecule has 0 aromatic heterocycles. The van der Waals surface area contributed by atoms with Crippen LogP contribution >= 0.6 is 24.0 Å². The second-order valence-corrected chi connectivity index (χ2v) is 10.3. The van der Waals surface area contributed by atoms with E-state index in [0.29, 0.717) is 17.1 Å². The third kappa shape index (κ3) is 3.46. The molecule has 3 aliphatic rings. The molecule has 0 aliphatic heterocycles. The predicted molar refractivity (Wildman–Crippen MR) is 128 cm³/mol. The minimum atomic E-state index is -2.87. The van der Waals surface area contributed by atoms with Crippen LogP contribution in [-0.2, 0) is 19.1 Å². The molecule has 1 amide bonds. The number of primary amides is 1. The fraction of sp³-hybridized carbons (Fsp3) is 0.391. The van der Waals surface area contributed by atoms with E-state index in [1.54, 1.807) is 19.9 Å². The first-order valence-electron chi connectivity index (χ1n) is 10.7. The maximum Gasteiger partial charge on any atom is 0.255 e. The van der Waals surface area contributed by atoms with Crippen molar-refractivity contribution in [2.75, 3.05) is 6.61 Å². The highest BCUT2D eigenvalue weighted by molar-refractivity contribution is 8.22. The maximum atomic E-state index is 13.6. The van der Waals surface area contributed by atoms with Crippen LogP contribution < -0.4 is 5.73 Å². The van der Waals surface area contributed by atoms with Crippen molar-refractivity contribution in [1.82, 2.24) is 0 Å². The number of aliphatic hydroxyl groups excluding tert-OH is 3. The number of phenolic OH excluding ortho intramolecular Hbond substituents is 1. The molecule has 4 rings (SSSR count). The number of hydrogen-bond acceptors (Lipinski definition) is 11. The Balaban J connectivity index is 1.96. The largest absolute Gasteiger partial charge is 0.508 e. The zero-order valence-corrected chi connectivity index (χ0v) is 20.3. The van der Waals surface area contributed by atoms with E-state index < -0.39 is 76.0 Å². The lowest BCUT2D eigenvalue weighted by Crippen LogP contribution is -2.63. The first kappa shape index (κ1) is 25.2. The number of rotatable bonds is 3. The van der Waals surface area contributed by atoms with Gasteiger partial charge in [-0.3, -0.25) is 14.4 Å². The van der Waals surface area contributed by atoms with Gasteiger partial charge >= 0.3 is 0 Å². The number of Topliss-reactive ketones (excluding diaryl/α,β-unsaturated/α-hetero) is 2. The number of hydrogen-bond donors (Lipinski definition) is 6. The van der Waals surface area contributed by atoms with Crippen LogP contribution in [0, 0.1) is 11.8 Å². The van der Waals surface area contributed by atoms with Gasteiger partial charge in [-0.1, -0.05) is 6.92 Å². The summed E-state index contributed by atoms with van der Waals surface area (Å²) in [6.45, 7) is 3.73. The third-order valence-corrected chi connectivity index (χ3v) is 8.12. The Labute approximate surface area is 209 Å². The molecule has 0 radical (unpaired) electrons. The fourth-order valence-electron chi connectivity index (χ4n) is 5.36. The summed E-state index contributed by atoms with van der Waals surface area (Å²) in [5.41, 5.74) is 1.22. The topological polar surface area (TPSA) is 188 Å². The minimum absolute atomic E-state index is 0.0962. The number of aliphatic hydroxyl groups is 4. The molecule has 7 N–H and O–H groups in total. The van der Waals surface area contributed by atoms with E-state index in [2.05, 4.69) is 0 Å². The molecule has 0 saturated heterocycles. The van der Waals surface area contributed by atoms with Crippen LogP contribution in [0.25, 0.3) is 5.76 Å². The molecular formula is C23H23NO9S2. The predicted octanol–water partition coefficient (Wildman–Crippen LogP) is 1.37. The van der Waals surface area contributed by atoms with Crippen molar-refractivity contribution in [2.45, 2.75) is 42.8 Å². The van der Waals surface area contributed by atoms with Crippen molar-refractivity contribution in [3.63, 3.8) is 0 Å². The van der Waals surface area contributed by atoms with Gasteiger partial charge in [-0.15, -0.1) is 0 Å². The highest BCUT2D eigenvalue weighted by Gasteiger charge is 2.65. The molecule has 1 aromatic carbocycles. The van der Waals surface area contributed by atoms with Gasteiger partial charge in [-0.05, 0) is 54.5 Å². The molecule has 10 nitrogen and oxygen atoms in total. The Hall–Kier alpha value is -2.93. The van der Waals surface area contributed by atoms with Gasteiger partial charge < -0.3 is 36.0 Å². The molecule has 5 atom stereocenters. The van der Waals surface area contributed by atoms with E-state index in [4.69, 9.17) is 22.7 Å². The normalized spacial score (nSPS) is 29.9. The second-order valence-electron chi connectivity index (χ2n) is 8.64. The van der Waals surface area contributed by atoms with Gasteiger partial charge in [-0.25, -0.2) is 0 Å². The van der Waals surface area contributed by atoms with E-state index >= 15 is 0 Å². The van der Waals surface area contributed by atoms with Crippen LogP contribution in [0.3, 0.4) is 0 Å². The lowest BCUT2D eigenvalue weighted by molar-refractivity contribution is -0.160.